The summed E-state index contributed by atoms with van der Waals surface area (Å²) in [5.74, 6) is 0.178. The second kappa shape index (κ2) is 5.89. The zero-order chi connectivity index (χ0) is 17.5. The minimum Gasteiger partial charge on any atom is -0.375 e. The van der Waals surface area contributed by atoms with Crippen molar-refractivity contribution in [3.8, 4) is 0 Å². The number of halogens is 3. The van der Waals surface area contributed by atoms with Crippen LogP contribution in [-0.4, -0.2) is 27.9 Å². The highest BCUT2D eigenvalue weighted by Crippen LogP contribution is 2.43. The van der Waals surface area contributed by atoms with Crippen LogP contribution in [-0.2, 0) is 18.7 Å². The number of rotatable bonds is 3. The van der Waals surface area contributed by atoms with Gasteiger partial charge in [-0.3, -0.25) is 4.90 Å². The van der Waals surface area contributed by atoms with Gasteiger partial charge in [0, 0.05) is 18.7 Å². The predicted octanol–water partition coefficient (Wildman–Crippen LogP) is 3.56. The highest BCUT2D eigenvalue weighted by Gasteiger charge is 2.55. The quantitative estimate of drug-likeness (QED) is 0.928. The summed E-state index contributed by atoms with van der Waals surface area (Å²) in [7, 11) is 0. The van der Waals surface area contributed by atoms with Crippen molar-refractivity contribution < 1.29 is 22.8 Å². The van der Waals surface area contributed by atoms with Gasteiger partial charge in [-0.15, -0.1) is 0 Å². The van der Waals surface area contributed by atoms with E-state index in [-0.39, 0.29) is 5.92 Å². The van der Waals surface area contributed by atoms with Crippen LogP contribution in [0.1, 0.15) is 42.3 Å². The summed E-state index contributed by atoms with van der Waals surface area (Å²) in [6.45, 7) is 4.16. The molecule has 0 saturated heterocycles. The molecule has 0 saturated carbocycles. The monoisotopic (exact) mass is 340 g/mol. The summed E-state index contributed by atoms with van der Waals surface area (Å²) in [4.78, 5) is 2.10. The number of nitrogens with zero attached hydrogens (tertiary/aromatic N) is 2. The molecule has 0 fully saturated rings. The second-order valence-corrected chi connectivity index (χ2v) is 6.49. The van der Waals surface area contributed by atoms with E-state index in [0.29, 0.717) is 37.9 Å². The molecule has 1 aliphatic heterocycles. The van der Waals surface area contributed by atoms with Crippen LogP contribution in [0.3, 0.4) is 0 Å². The maximum Gasteiger partial charge on any atom is 0.422 e. The molecule has 0 bridgehead atoms. The van der Waals surface area contributed by atoms with Gasteiger partial charge in [0.2, 0.25) is 5.60 Å². The molecule has 0 spiro atoms. The third-order valence-corrected chi connectivity index (χ3v) is 4.46. The van der Waals surface area contributed by atoms with Gasteiger partial charge in [-0.25, -0.2) is 0 Å². The van der Waals surface area contributed by atoms with E-state index in [1.54, 1.807) is 0 Å². The first-order valence-electron chi connectivity index (χ1n) is 7.74. The molecule has 130 valence electrons. The van der Waals surface area contributed by atoms with Crippen molar-refractivity contribution in [1.29, 1.82) is 0 Å². The van der Waals surface area contributed by atoms with Gasteiger partial charge < -0.3 is 9.63 Å². The number of alkyl halides is 3. The maximum atomic E-state index is 13.1. The molecular formula is C17H19F3N2O2. The van der Waals surface area contributed by atoms with E-state index in [0.717, 1.165) is 5.56 Å². The van der Waals surface area contributed by atoms with Crippen molar-refractivity contribution in [3.63, 3.8) is 0 Å². The molecule has 7 heteroatoms. The second-order valence-electron chi connectivity index (χ2n) is 6.49. The van der Waals surface area contributed by atoms with Crippen LogP contribution in [0.4, 0.5) is 13.2 Å². The molecule has 1 aromatic carbocycles. The molecule has 2 heterocycles. The van der Waals surface area contributed by atoms with Crippen LogP contribution < -0.4 is 0 Å². The molecule has 4 nitrogen and oxygen atoms in total. The minimum atomic E-state index is -4.81. The molecule has 1 aromatic heterocycles. The standard InChI is InChI=1S/C17H19F3N2O2/c1-11-8-22(9-12-6-4-3-5-7-12)10-13-14(11)15(21-24-13)16(2,23)17(18,19)20/h3-7,11,23H,8-10H2,1-2H3. The van der Waals surface area contributed by atoms with Gasteiger partial charge in [0.1, 0.15) is 5.69 Å². The normalized spacial score (nSPS) is 21.3. The Morgan fingerprint density at radius 1 is 1.29 bits per heavy atom. The van der Waals surface area contributed by atoms with Crippen LogP contribution in [0.15, 0.2) is 34.9 Å². The van der Waals surface area contributed by atoms with Crippen molar-refractivity contribution in [2.45, 2.75) is 44.6 Å². The fraction of sp³-hybridized carbons (Fsp3) is 0.471. The smallest absolute Gasteiger partial charge is 0.375 e. The number of aliphatic hydroxyl groups is 1. The first kappa shape index (κ1) is 17.0. The number of hydrogen-bond acceptors (Lipinski definition) is 4. The molecule has 0 amide bonds. The van der Waals surface area contributed by atoms with Crippen molar-refractivity contribution in [2.24, 2.45) is 0 Å². The van der Waals surface area contributed by atoms with Gasteiger partial charge in [0.25, 0.3) is 0 Å². The fourth-order valence-electron chi connectivity index (χ4n) is 3.15. The zero-order valence-corrected chi connectivity index (χ0v) is 13.5. The van der Waals surface area contributed by atoms with E-state index < -0.39 is 17.5 Å². The first-order chi connectivity index (χ1) is 11.2. The molecule has 0 radical (unpaired) electrons. The molecule has 3 rings (SSSR count). The Labute approximate surface area is 137 Å². The summed E-state index contributed by atoms with van der Waals surface area (Å²) in [6, 6.07) is 9.83. The van der Waals surface area contributed by atoms with Crippen molar-refractivity contribution in [3.05, 3.63) is 52.9 Å². The van der Waals surface area contributed by atoms with Crippen LogP contribution in [0.25, 0.3) is 0 Å². The SMILES string of the molecule is CC1CN(Cc2ccccc2)Cc2onc(C(C)(O)C(F)(F)F)c21. The van der Waals surface area contributed by atoms with Crippen LogP contribution >= 0.6 is 0 Å². The summed E-state index contributed by atoms with van der Waals surface area (Å²) >= 11 is 0. The Balaban J connectivity index is 1.86. The Hall–Kier alpha value is -1.86. The average Bonchev–Trinajstić information content (AvgIpc) is 2.92. The van der Waals surface area contributed by atoms with E-state index in [1.807, 2.05) is 37.3 Å². The lowest BCUT2D eigenvalue weighted by Gasteiger charge is -2.32. The maximum absolute atomic E-state index is 13.1. The third-order valence-electron chi connectivity index (χ3n) is 4.46. The Kier molecular flexibility index (Phi) is 4.17. The summed E-state index contributed by atoms with van der Waals surface area (Å²) < 4.78 is 44.5. The Bertz CT molecular complexity index is 710. The van der Waals surface area contributed by atoms with Crippen LogP contribution in [0.2, 0.25) is 0 Å². The van der Waals surface area contributed by atoms with Gasteiger partial charge in [-0.05, 0) is 18.4 Å². The van der Waals surface area contributed by atoms with Gasteiger partial charge >= 0.3 is 6.18 Å². The molecular weight excluding hydrogens is 321 g/mol. The molecule has 24 heavy (non-hydrogen) atoms. The fourth-order valence-corrected chi connectivity index (χ4v) is 3.15. The minimum absolute atomic E-state index is 0.215. The molecule has 1 N–H and O–H groups in total. The van der Waals surface area contributed by atoms with E-state index in [1.165, 1.54) is 0 Å². The number of benzene rings is 1. The highest BCUT2D eigenvalue weighted by atomic mass is 19.4. The van der Waals surface area contributed by atoms with E-state index in [2.05, 4.69) is 10.1 Å². The van der Waals surface area contributed by atoms with Gasteiger partial charge in [-0.1, -0.05) is 42.4 Å². The first-order valence-corrected chi connectivity index (χ1v) is 7.74. The predicted molar refractivity (Wildman–Crippen MR) is 81.1 cm³/mol. The molecule has 0 aliphatic carbocycles. The largest absolute Gasteiger partial charge is 0.422 e. The Morgan fingerprint density at radius 3 is 2.58 bits per heavy atom. The van der Waals surface area contributed by atoms with Gasteiger partial charge in [0.15, 0.2) is 5.76 Å². The van der Waals surface area contributed by atoms with Gasteiger partial charge in [-0.2, -0.15) is 13.2 Å². The highest BCUT2D eigenvalue weighted by molar-refractivity contribution is 5.34. The molecule has 2 atom stereocenters. The van der Waals surface area contributed by atoms with E-state index in [9.17, 15) is 18.3 Å². The lowest BCUT2D eigenvalue weighted by Crippen LogP contribution is -2.41. The summed E-state index contributed by atoms with van der Waals surface area (Å²) in [5.41, 5.74) is -1.94. The zero-order valence-electron chi connectivity index (χ0n) is 13.5. The van der Waals surface area contributed by atoms with Crippen molar-refractivity contribution in [2.75, 3.05) is 6.54 Å². The molecule has 2 aromatic rings. The van der Waals surface area contributed by atoms with Crippen molar-refractivity contribution in [1.82, 2.24) is 10.1 Å². The topological polar surface area (TPSA) is 49.5 Å². The van der Waals surface area contributed by atoms with Crippen molar-refractivity contribution >= 4 is 0 Å². The average molecular weight is 340 g/mol. The number of aromatic nitrogens is 1. The summed E-state index contributed by atoms with van der Waals surface area (Å²) in [6.07, 6.45) is -4.81. The lowest BCUT2D eigenvalue weighted by molar-refractivity contribution is -0.261. The number of hydrogen-bond donors (Lipinski definition) is 1. The van der Waals surface area contributed by atoms with E-state index in [4.69, 9.17) is 4.52 Å². The lowest BCUT2D eigenvalue weighted by atomic mass is 9.87. The molecule has 2 unspecified atom stereocenters. The summed E-state index contributed by atoms with van der Waals surface area (Å²) in [5, 5.41) is 13.5. The molecule has 1 aliphatic rings. The number of fused-ring (bicyclic) bond motifs is 1. The van der Waals surface area contributed by atoms with Gasteiger partial charge in [0.05, 0.1) is 6.54 Å². The Morgan fingerprint density at radius 2 is 1.96 bits per heavy atom. The van der Waals surface area contributed by atoms with Crippen LogP contribution in [0.5, 0.6) is 0 Å². The van der Waals surface area contributed by atoms with E-state index >= 15 is 0 Å². The van der Waals surface area contributed by atoms with Crippen LogP contribution in [0, 0.1) is 0 Å². The third kappa shape index (κ3) is 2.93.